The number of phenolic OH excluding ortho intramolecular Hbond substituents is 1. The molecule has 0 bridgehead atoms. The third-order valence-electron chi connectivity index (χ3n) is 14.9. The van der Waals surface area contributed by atoms with Crippen LogP contribution in [0.1, 0.15) is 57.8 Å². The topological polar surface area (TPSA) is 276 Å². The number of aryl methyl sites for hydroxylation is 1. The number of aromatic hydroxyl groups is 1. The Morgan fingerprint density at radius 2 is 1.56 bits per heavy atom. The van der Waals surface area contributed by atoms with Crippen molar-refractivity contribution in [3.63, 3.8) is 0 Å². The highest BCUT2D eigenvalue weighted by atomic mass is 35.5. The van der Waals surface area contributed by atoms with E-state index in [0.29, 0.717) is 60.3 Å². The molecule has 85 heavy (non-hydrogen) atoms. The summed E-state index contributed by atoms with van der Waals surface area (Å²) in [4.78, 5) is 86.9. The van der Waals surface area contributed by atoms with E-state index in [0.717, 1.165) is 21.7 Å². The number of fused-ring (bicyclic) bond motifs is 2. The number of aliphatic hydroxyl groups excluding tert-OH is 1. The van der Waals surface area contributed by atoms with Gasteiger partial charge in [-0.2, -0.15) is 4.98 Å². The summed E-state index contributed by atoms with van der Waals surface area (Å²) in [6, 6.07) is 16.9. The molecule has 6 aromatic rings. The molecule has 2 aliphatic rings. The van der Waals surface area contributed by atoms with Crippen LogP contribution in [-0.2, 0) is 38.1 Å². The maximum absolute atomic E-state index is 17.0. The zero-order chi connectivity index (χ0) is 61.0. The summed E-state index contributed by atoms with van der Waals surface area (Å²) in [7, 11) is 1.66. The van der Waals surface area contributed by atoms with Crippen molar-refractivity contribution in [3.8, 4) is 27.3 Å². The van der Waals surface area contributed by atoms with E-state index >= 15 is 4.39 Å². The standard InChI is InChI=1S/C60H75ClFN11O11S/c1-36(38-11-13-39(14-12-38)53-37(2)65-35-85-53)66-56(78)47-31-42(75)33-73(47)57(79)54(60(3,4)5)67-48(76)34-84-28-27-83-26-25-82-24-23-81-22-21-70(6)49(77)15-16-64-59-68-52-45(55(69-59)71-17-19-72(20-18-71)58(63)80)32-46(61)50(51(52)62)44-30-41(74)29-40-9-7-8-10-43(40)44/h7-14,29-30,32,35-36,42,47,54,74-75H,15-28,31,33-34H2,1-6H3,(H2,63,80)(H,66,78)(H,67,76)(H,64,68,69)/t36-,42+,47-,54?/m0/s1. The molecule has 456 valence electrons. The minimum Gasteiger partial charge on any atom is -0.508 e. The van der Waals surface area contributed by atoms with E-state index in [2.05, 4.69) is 25.9 Å². The third-order valence-corrected chi connectivity index (χ3v) is 16.2. The summed E-state index contributed by atoms with van der Waals surface area (Å²) in [6.07, 6.45) is -0.776. The summed E-state index contributed by atoms with van der Waals surface area (Å²) in [5, 5.41) is 32.0. The van der Waals surface area contributed by atoms with Gasteiger partial charge in [0.25, 0.3) is 0 Å². The van der Waals surface area contributed by atoms with Gasteiger partial charge in [0, 0.05) is 76.7 Å². The number of aromatic nitrogens is 3. The van der Waals surface area contributed by atoms with Crippen molar-refractivity contribution in [2.45, 2.75) is 71.7 Å². The molecular formula is C60H75ClFN11O11S. The number of likely N-dealkylation sites (N-methyl/N-ethyl adjacent to an activating group) is 1. The predicted octanol–water partition coefficient (Wildman–Crippen LogP) is 6.28. The molecule has 4 heterocycles. The van der Waals surface area contributed by atoms with E-state index in [-0.39, 0.29) is 119 Å². The number of halogens is 2. The van der Waals surface area contributed by atoms with Gasteiger partial charge in [0.05, 0.1) is 79.5 Å². The van der Waals surface area contributed by atoms with Crippen LogP contribution in [0.25, 0.3) is 43.2 Å². The number of primary amides is 1. The number of urea groups is 1. The fraction of sp³-hybridized carbons (Fsp3) is 0.467. The quantitative estimate of drug-likeness (QED) is 0.0326. The molecular weight excluding hydrogens is 1140 g/mol. The monoisotopic (exact) mass is 1210 g/mol. The van der Waals surface area contributed by atoms with Crippen LogP contribution in [-0.4, -0.2) is 193 Å². The Balaban J connectivity index is 0.711. The second-order valence-electron chi connectivity index (χ2n) is 22.1. The van der Waals surface area contributed by atoms with Gasteiger partial charge in [-0.25, -0.2) is 19.2 Å². The molecule has 0 saturated carbocycles. The van der Waals surface area contributed by atoms with Gasteiger partial charge in [-0.15, -0.1) is 11.3 Å². The Kier molecular flexibility index (Phi) is 21.9. The number of ether oxygens (including phenoxy) is 4. The van der Waals surface area contributed by atoms with Crippen LogP contribution >= 0.6 is 22.9 Å². The first-order chi connectivity index (χ1) is 40.7. The van der Waals surface area contributed by atoms with Gasteiger partial charge < -0.3 is 70.4 Å². The van der Waals surface area contributed by atoms with Crippen LogP contribution < -0.4 is 26.6 Å². The molecule has 4 aromatic carbocycles. The molecule has 0 aliphatic carbocycles. The minimum absolute atomic E-state index is 0.0194. The fourth-order valence-corrected chi connectivity index (χ4v) is 11.3. The van der Waals surface area contributed by atoms with Crippen LogP contribution in [0, 0.1) is 18.2 Å². The first-order valence-corrected chi connectivity index (χ1v) is 29.5. The Hall–Kier alpha value is -7.32. The Morgan fingerprint density at radius 3 is 2.22 bits per heavy atom. The number of nitrogens with one attached hydrogen (secondary N) is 3. The molecule has 7 N–H and O–H groups in total. The Bertz CT molecular complexity index is 3330. The van der Waals surface area contributed by atoms with Gasteiger partial charge in [0.2, 0.25) is 29.6 Å². The van der Waals surface area contributed by atoms with E-state index in [4.69, 9.17) is 41.3 Å². The van der Waals surface area contributed by atoms with Crippen molar-refractivity contribution in [1.82, 2.24) is 40.3 Å². The van der Waals surface area contributed by atoms with Crippen molar-refractivity contribution in [2.75, 3.05) is 116 Å². The maximum Gasteiger partial charge on any atom is 0.314 e. The van der Waals surface area contributed by atoms with Crippen LogP contribution in [0.15, 0.2) is 72.2 Å². The van der Waals surface area contributed by atoms with Crippen LogP contribution in [0.2, 0.25) is 5.02 Å². The molecule has 0 spiro atoms. The number of phenols is 1. The van der Waals surface area contributed by atoms with E-state index in [1.54, 1.807) is 36.0 Å². The molecule has 2 aromatic heterocycles. The van der Waals surface area contributed by atoms with Crippen molar-refractivity contribution >= 4 is 86.0 Å². The molecule has 25 heteroatoms. The first-order valence-electron chi connectivity index (χ1n) is 28.3. The summed E-state index contributed by atoms with van der Waals surface area (Å²) >= 11 is 8.42. The number of thiazole rings is 1. The van der Waals surface area contributed by atoms with Crippen LogP contribution in [0.4, 0.5) is 21.0 Å². The number of nitrogens with zero attached hydrogens (tertiary/aromatic N) is 7. The zero-order valence-corrected chi connectivity index (χ0v) is 50.3. The lowest BCUT2D eigenvalue weighted by molar-refractivity contribution is -0.144. The number of carbonyl (C=O) groups excluding carboxylic acids is 5. The van der Waals surface area contributed by atoms with Gasteiger partial charge in [0.1, 0.15) is 35.8 Å². The van der Waals surface area contributed by atoms with Crippen molar-refractivity contribution < 1.29 is 57.5 Å². The van der Waals surface area contributed by atoms with Crippen molar-refractivity contribution in [2.24, 2.45) is 11.1 Å². The summed E-state index contributed by atoms with van der Waals surface area (Å²) in [5.41, 5.74) is 9.89. The van der Waals surface area contributed by atoms with Gasteiger partial charge in [-0.3, -0.25) is 19.2 Å². The Labute approximate surface area is 502 Å². The highest BCUT2D eigenvalue weighted by molar-refractivity contribution is 7.13. The average molecular weight is 1210 g/mol. The Morgan fingerprint density at radius 1 is 0.894 bits per heavy atom. The number of aliphatic hydroxyl groups is 1. The number of hydrogen-bond donors (Lipinski definition) is 6. The number of piperazine rings is 1. The molecule has 2 fully saturated rings. The molecule has 0 radical (unpaired) electrons. The van der Waals surface area contributed by atoms with Gasteiger partial charge in [-0.05, 0) is 64.9 Å². The summed E-state index contributed by atoms with van der Waals surface area (Å²) in [6.45, 7) is 12.3. The number of β-amino-alcohol motifs (C(OH)–C–C–N with tert-alkyl or cyclic N) is 1. The molecule has 4 atom stereocenters. The van der Waals surface area contributed by atoms with Gasteiger partial charge in [-0.1, -0.05) is 80.9 Å². The van der Waals surface area contributed by atoms with E-state index in [1.165, 1.54) is 20.8 Å². The van der Waals surface area contributed by atoms with Crippen molar-refractivity contribution in [3.05, 3.63) is 94.3 Å². The lowest BCUT2D eigenvalue weighted by Gasteiger charge is -2.35. The molecule has 2 aliphatic heterocycles. The number of anilines is 2. The summed E-state index contributed by atoms with van der Waals surface area (Å²) < 4.78 is 39.4. The van der Waals surface area contributed by atoms with E-state index < -0.39 is 53.2 Å². The SMILES string of the molecule is Cc1ncsc1-c1ccc([C@H](C)NC(=O)[C@@H]2C[C@@H](O)CN2C(=O)C(NC(=O)COCCOCCOCCOCCN(C)C(=O)CCNc2nc(N3CCN(C(N)=O)CC3)c3cc(Cl)c(-c4cc(O)cc5ccccc45)c(F)c3n2)C(C)(C)C)cc1. The minimum atomic E-state index is -1.01. The number of amides is 6. The lowest BCUT2D eigenvalue weighted by atomic mass is 9.85. The van der Waals surface area contributed by atoms with Gasteiger partial charge >= 0.3 is 6.03 Å². The van der Waals surface area contributed by atoms with E-state index in [9.17, 15) is 34.2 Å². The second-order valence-corrected chi connectivity index (χ2v) is 23.4. The number of carbonyl (C=O) groups is 5. The molecule has 2 saturated heterocycles. The number of nitrogens with two attached hydrogens (primary N) is 1. The molecule has 8 rings (SSSR count). The number of likely N-dealkylation sites (tertiary alicyclic amines) is 1. The van der Waals surface area contributed by atoms with Gasteiger partial charge in [0.15, 0.2) is 5.82 Å². The highest BCUT2D eigenvalue weighted by Gasteiger charge is 2.45. The third kappa shape index (κ3) is 16.4. The predicted molar refractivity (Wildman–Crippen MR) is 323 cm³/mol. The van der Waals surface area contributed by atoms with Crippen LogP contribution in [0.5, 0.6) is 5.75 Å². The molecule has 6 amide bonds. The molecule has 1 unspecified atom stereocenters. The number of hydrogen-bond acceptors (Lipinski definition) is 17. The number of benzene rings is 4. The van der Waals surface area contributed by atoms with Crippen molar-refractivity contribution in [1.29, 1.82) is 0 Å². The molecule has 22 nitrogen and oxygen atoms in total. The second kappa shape index (κ2) is 29.2. The number of rotatable bonds is 26. The average Bonchev–Trinajstić information content (AvgIpc) is 1.53. The van der Waals surface area contributed by atoms with Crippen LogP contribution in [0.3, 0.4) is 0 Å². The zero-order valence-electron chi connectivity index (χ0n) is 48.7. The fourth-order valence-electron chi connectivity index (χ4n) is 10.2. The largest absolute Gasteiger partial charge is 0.508 e. The van der Waals surface area contributed by atoms with E-state index in [1.807, 2.05) is 88.0 Å². The lowest BCUT2D eigenvalue weighted by Crippen LogP contribution is -2.58. The first kappa shape index (κ1) is 63.7. The highest BCUT2D eigenvalue weighted by Crippen LogP contribution is 2.42. The maximum atomic E-state index is 17.0. The smallest absolute Gasteiger partial charge is 0.314 e. The normalized spacial score (nSPS) is 16.2. The summed E-state index contributed by atoms with van der Waals surface area (Å²) in [5.74, 6) is -1.87.